The van der Waals surface area contributed by atoms with E-state index in [1.54, 1.807) is 18.3 Å². The molecule has 2 aromatic carbocycles. The van der Waals surface area contributed by atoms with Crippen LogP contribution in [0.4, 0.5) is 0 Å². The van der Waals surface area contributed by atoms with Crippen molar-refractivity contribution in [1.29, 1.82) is 0 Å². The molecule has 4 nitrogen and oxygen atoms in total. The molecule has 0 fully saturated rings. The third-order valence-electron chi connectivity index (χ3n) is 4.15. The van der Waals surface area contributed by atoms with Crippen LogP contribution in [-0.2, 0) is 0 Å². The van der Waals surface area contributed by atoms with Crippen molar-refractivity contribution in [2.24, 2.45) is 5.10 Å². The summed E-state index contributed by atoms with van der Waals surface area (Å²) in [4.78, 5) is 13.1. The predicted octanol–water partition coefficient (Wildman–Crippen LogP) is 4.90. The lowest BCUT2D eigenvalue weighted by Gasteiger charge is -2.31. The molecule has 0 bridgehead atoms. The van der Waals surface area contributed by atoms with E-state index in [9.17, 15) is 4.79 Å². The van der Waals surface area contributed by atoms with E-state index in [-0.39, 0.29) is 5.91 Å². The Hall–Kier alpha value is -2.62. The molecule has 0 N–H and O–H groups in total. The molecule has 0 atom stereocenters. The summed E-state index contributed by atoms with van der Waals surface area (Å²) in [7, 11) is 1.65. The molecule has 2 rings (SSSR count). The third-order valence-corrected chi connectivity index (χ3v) is 4.15. The van der Waals surface area contributed by atoms with E-state index in [1.165, 1.54) is 0 Å². The average molecular weight is 352 g/mol. The van der Waals surface area contributed by atoms with Crippen molar-refractivity contribution < 1.29 is 9.53 Å². The number of hydrogen-bond donors (Lipinski definition) is 0. The number of aryl methyl sites for hydroxylation is 2. The molecular formula is C22H28N2O2. The number of nitrogens with zero attached hydrogens (tertiary/aromatic N) is 2. The second-order valence-corrected chi connectivity index (χ2v) is 7.58. The van der Waals surface area contributed by atoms with Crippen molar-refractivity contribution in [2.45, 2.75) is 47.1 Å². The summed E-state index contributed by atoms with van der Waals surface area (Å²) in [6, 6.07) is 11.7. The Morgan fingerprint density at radius 2 is 1.69 bits per heavy atom. The Morgan fingerprint density at radius 3 is 2.23 bits per heavy atom. The van der Waals surface area contributed by atoms with Crippen molar-refractivity contribution in [3.63, 3.8) is 0 Å². The Balaban J connectivity index is 2.41. The Kier molecular flexibility index (Phi) is 5.86. The molecule has 0 spiro atoms. The van der Waals surface area contributed by atoms with E-state index < -0.39 is 5.54 Å². The topological polar surface area (TPSA) is 41.9 Å². The van der Waals surface area contributed by atoms with E-state index in [2.05, 4.69) is 11.2 Å². The highest BCUT2D eigenvalue weighted by atomic mass is 16.5. The Morgan fingerprint density at radius 1 is 1.08 bits per heavy atom. The lowest BCUT2D eigenvalue weighted by atomic mass is 10.0. The molecule has 26 heavy (non-hydrogen) atoms. The standard InChI is InChI=1S/C22H28N2O2/c1-15-11-16(2)13-19(12-15)21(25)24(22(4,5)6)23-14-18-9-8-10-20(26-7)17(18)3/h8-14H,1-7H3/b23-14+. The Bertz CT molecular complexity index is 812. The maximum atomic E-state index is 13.1. The molecule has 0 saturated heterocycles. The molecule has 0 saturated carbocycles. The largest absolute Gasteiger partial charge is 0.496 e. The van der Waals surface area contributed by atoms with Crippen molar-refractivity contribution in [3.05, 3.63) is 64.2 Å². The molecule has 138 valence electrons. The first-order valence-corrected chi connectivity index (χ1v) is 8.74. The van der Waals surface area contributed by atoms with Crippen LogP contribution in [0.25, 0.3) is 0 Å². The molecule has 2 aromatic rings. The zero-order chi connectivity index (χ0) is 19.5. The fraction of sp³-hybridized carbons (Fsp3) is 0.364. The molecule has 0 aromatic heterocycles. The van der Waals surface area contributed by atoms with Gasteiger partial charge in [-0.15, -0.1) is 0 Å². The summed E-state index contributed by atoms with van der Waals surface area (Å²) in [5, 5.41) is 6.08. The first-order chi connectivity index (χ1) is 12.1. The fourth-order valence-electron chi connectivity index (χ4n) is 2.86. The van der Waals surface area contributed by atoms with Gasteiger partial charge in [-0.25, -0.2) is 5.01 Å². The number of amides is 1. The number of carbonyl (C=O) groups excluding carboxylic acids is 1. The maximum Gasteiger partial charge on any atom is 0.274 e. The van der Waals surface area contributed by atoms with Crippen LogP contribution in [0.3, 0.4) is 0 Å². The minimum absolute atomic E-state index is 0.110. The normalized spacial score (nSPS) is 11.7. The first-order valence-electron chi connectivity index (χ1n) is 8.74. The predicted molar refractivity (Wildman–Crippen MR) is 107 cm³/mol. The van der Waals surface area contributed by atoms with Crippen molar-refractivity contribution in [1.82, 2.24) is 5.01 Å². The molecule has 0 aliphatic rings. The van der Waals surface area contributed by atoms with Gasteiger partial charge in [-0.1, -0.05) is 29.3 Å². The zero-order valence-corrected chi connectivity index (χ0v) is 16.8. The van der Waals surface area contributed by atoms with Gasteiger partial charge in [0, 0.05) is 11.1 Å². The van der Waals surface area contributed by atoms with Crippen molar-refractivity contribution >= 4 is 12.1 Å². The number of benzene rings is 2. The van der Waals surface area contributed by atoms with E-state index in [1.807, 2.05) is 71.9 Å². The number of ether oxygens (including phenoxy) is 1. The van der Waals surface area contributed by atoms with Gasteiger partial charge >= 0.3 is 0 Å². The quantitative estimate of drug-likeness (QED) is 0.580. The highest BCUT2D eigenvalue weighted by Gasteiger charge is 2.27. The monoisotopic (exact) mass is 352 g/mol. The highest BCUT2D eigenvalue weighted by molar-refractivity contribution is 5.96. The van der Waals surface area contributed by atoms with Gasteiger partial charge in [-0.3, -0.25) is 4.79 Å². The van der Waals surface area contributed by atoms with Gasteiger partial charge < -0.3 is 4.74 Å². The van der Waals surface area contributed by atoms with Crippen LogP contribution in [0.2, 0.25) is 0 Å². The average Bonchev–Trinajstić information content (AvgIpc) is 2.54. The molecule has 0 heterocycles. The summed E-state index contributed by atoms with van der Waals surface area (Å²) in [6.45, 7) is 11.9. The number of methoxy groups -OCH3 is 1. The van der Waals surface area contributed by atoms with Crippen LogP contribution in [0.5, 0.6) is 5.75 Å². The summed E-state index contributed by atoms with van der Waals surface area (Å²) in [5.74, 6) is 0.693. The Labute approximate surface area is 156 Å². The molecular weight excluding hydrogens is 324 g/mol. The number of rotatable bonds is 4. The number of carbonyl (C=O) groups is 1. The second kappa shape index (κ2) is 7.73. The van der Waals surface area contributed by atoms with Crippen molar-refractivity contribution in [2.75, 3.05) is 7.11 Å². The van der Waals surface area contributed by atoms with Crippen LogP contribution in [0.15, 0.2) is 41.5 Å². The first kappa shape index (κ1) is 19.7. The smallest absolute Gasteiger partial charge is 0.274 e. The minimum Gasteiger partial charge on any atom is -0.496 e. The lowest BCUT2D eigenvalue weighted by Crippen LogP contribution is -2.42. The molecule has 1 amide bonds. The van der Waals surface area contributed by atoms with Crippen LogP contribution >= 0.6 is 0 Å². The van der Waals surface area contributed by atoms with Crippen molar-refractivity contribution in [3.8, 4) is 5.75 Å². The van der Waals surface area contributed by atoms with Gasteiger partial charge in [0.05, 0.1) is 18.9 Å². The number of hydrazone groups is 1. The molecule has 0 radical (unpaired) electrons. The van der Waals surface area contributed by atoms with Gasteiger partial charge in [0.25, 0.3) is 5.91 Å². The van der Waals surface area contributed by atoms with Crippen LogP contribution in [0, 0.1) is 20.8 Å². The third kappa shape index (κ3) is 4.51. The van der Waals surface area contributed by atoms with Crippen LogP contribution in [0.1, 0.15) is 53.4 Å². The van der Waals surface area contributed by atoms with Gasteiger partial charge in [-0.05, 0) is 65.3 Å². The van der Waals surface area contributed by atoms with Gasteiger partial charge in [0.1, 0.15) is 5.75 Å². The zero-order valence-electron chi connectivity index (χ0n) is 16.8. The van der Waals surface area contributed by atoms with E-state index in [0.29, 0.717) is 5.56 Å². The SMILES string of the molecule is COc1cccc(/C=N/N(C(=O)c2cc(C)cc(C)c2)C(C)(C)C)c1C. The summed E-state index contributed by atoms with van der Waals surface area (Å²) in [6.07, 6.45) is 1.73. The molecule has 4 heteroatoms. The van der Waals surface area contributed by atoms with E-state index >= 15 is 0 Å². The molecule has 0 aliphatic carbocycles. The van der Waals surface area contributed by atoms with Crippen LogP contribution in [-0.4, -0.2) is 29.8 Å². The minimum atomic E-state index is -0.446. The highest BCUT2D eigenvalue weighted by Crippen LogP contribution is 2.22. The van der Waals surface area contributed by atoms with Gasteiger partial charge in [-0.2, -0.15) is 5.10 Å². The molecule has 0 unspecified atom stereocenters. The second-order valence-electron chi connectivity index (χ2n) is 7.58. The summed E-state index contributed by atoms with van der Waals surface area (Å²) in [5.41, 5.74) is 4.25. The van der Waals surface area contributed by atoms with E-state index in [0.717, 1.165) is 28.0 Å². The number of hydrogen-bond acceptors (Lipinski definition) is 3. The summed E-state index contributed by atoms with van der Waals surface area (Å²) < 4.78 is 5.36. The lowest BCUT2D eigenvalue weighted by molar-refractivity contribution is 0.0593. The van der Waals surface area contributed by atoms with Crippen LogP contribution < -0.4 is 4.74 Å². The van der Waals surface area contributed by atoms with E-state index in [4.69, 9.17) is 4.74 Å². The van der Waals surface area contributed by atoms with Gasteiger partial charge in [0.2, 0.25) is 0 Å². The fourth-order valence-corrected chi connectivity index (χ4v) is 2.86. The summed E-state index contributed by atoms with van der Waals surface area (Å²) >= 11 is 0. The maximum absolute atomic E-state index is 13.1. The molecule has 0 aliphatic heterocycles. The van der Waals surface area contributed by atoms with Gasteiger partial charge in [0.15, 0.2) is 0 Å².